The molecule has 2 saturated carbocycles. The van der Waals surface area contributed by atoms with Crippen molar-refractivity contribution in [1.29, 1.82) is 0 Å². The normalized spacial score (nSPS) is 35.9. The molecule has 0 aromatic heterocycles. The van der Waals surface area contributed by atoms with E-state index in [9.17, 15) is 0 Å². The summed E-state index contributed by atoms with van der Waals surface area (Å²) in [6, 6.07) is 0. The van der Waals surface area contributed by atoms with E-state index in [2.05, 4.69) is 38.2 Å². The van der Waals surface area contributed by atoms with Gasteiger partial charge in [0.2, 0.25) is 0 Å². The minimum absolute atomic E-state index is 0.870. The highest BCUT2D eigenvalue weighted by Crippen LogP contribution is 2.34. The zero-order chi connectivity index (χ0) is 14.2. The zero-order valence-electron chi connectivity index (χ0n) is 13.7. The fraction of sp³-hybridized carbons (Fsp3) is 0.800. The summed E-state index contributed by atoms with van der Waals surface area (Å²) in [4.78, 5) is 0. The van der Waals surface area contributed by atoms with Crippen LogP contribution in [0.1, 0.15) is 78.1 Å². The van der Waals surface area contributed by atoms with Crippen LogP contribution in [0.25, 0.3) is 0 Å². The van der Waals surface area contributed by atoms with Crippen molar-refractivity contribution in [2.24, 2.45) is 23.7 Å². The van der Waals surface area contributed by atoms with E-state index in [1.165, 1.54) is 64.2 Å². The second kappa shape index (κ2) is 8.70. The Bertz CT molecular complexity index is 296. The van der Waals surface area contributed by atoms with Gasteiger partial charge in [-0.25, -0.2) is 0 Å². The fourth-order valence-electron chi connectivity index (χ4n) is 4.19. The van der Waals surface area contributed by atoms with E-state index in [1.807, 2.05) is 0 Å². The number of hydrogen-bond acceptors (Lipinski definition) is 0. The molecule has 114 valence electrons. The summed E-state index contributed by atoms with van der Waals surface area (Å²) < 4.78 is 0. The molecule has 0 radical (unpaired) electrons. The molecular weight excluding hydrogens is 240 g/mol. The van der Waals surface area contributed by atoms with E-state index >= 15 is 0 Å². The molecule has 0 N–H and O–H groups in total. The number of hydrogen-bond donors (Lipinski definition) is 0. The molecule has 20 heavy (non-hydrogen) atoms. The predicted octanol–water partition coefficient (Wildman–Crippen LogP) is 6.53. The van der Waals surface area contributed by atoms with Gasteiger partial charge in [-0.15, -0.1) is 0 Å². The maximum atomic E-state index is 2.59. The Kier molecular flexibility index (Phi) is 6.90. The molecule has 0 bridgehead atoms. The van der Waals surface area contributed by atoms with Crippen LogP contribution >= 0.6 is 0 Å². The third kappa shape index (κ3) is 5.11. The van der Waals surface area contributed by atoms with Crippen molar-refractivity contribution in [2.45, 2.75) is 78.1 Å². The van der Waals surface area contributed by atoms with Crippen LogP contribution in [0.15, 0.2) is 24.3 Å². The Morgan fingerprint density at radius 2 is 1.15 bits per heavy atom. The molecule has 0 atom stereocenters. The molecule has 2 rings (SSSR count). The summed E-state index contributed by atoms with van der Waals surface area (Å²) in [6.45, 7) is 4.48. The Morgan fingerprint density at radius 1 is 0.700 bits per heavy atom. The Morgan fingerprint density at radius 3 is 1.60 bits per heavy atom. The van der Waals surface area contributed by atoms with E-state index in [1.54, 1.807) is 0 Å². The van der Waals surface area contributed by atoms with Crippen molar-refractivity contribution < 1.29 is 0 Å². The van der Waals surface area contributed by atoms with Crippen molar-refractivity contribution in [2.75, 3.05) is 0 Å². The van der Waals surface area contributed by atoms with Gasteiger partial charge in [0.15, 0.2) is 0 Å². The highest BCUT2D eigenvalue weighted by Gasteiger charge is 2.20. The first-order valence-electron chi connectivity index (χ1n) is 9.13. The van der Waals surface area contributed by atoms with Gasteiger partial charge >= 0.3 is 0 Å². The topological polar surface area (TPSA) is 0 Å². The lowest BCUT2D eigenvalue weighted by atomic mass is 9.78. The lowest BCUT2D eigenvalue weighted by Gasteiger charge is -2.28. The quantitative estimate of drug-likeness (QED) is 0.500. The molecule has 0 aromatic rings. The molecule has 0 heteroatoms. The first-order valence-corrected chi connectivity index (χ1v) is 9.13. The van der Waals surface area contributed by atoms with Crippen molar-refractivity contribution in [1.82, 2.24) is 0 Å². The van der Waals surface area contributed by atoms with Gasteiger partial charge in [0.25, 0.3) is 0 Å². The average Bonchev–Trinajstić information content (AvgIpc) is 2.49. The number of rotatable bonds is 5. The fourth-order valence-corrected chi connectivity index (χ4v) is 4.19. The third-order valence-electron chi connectivity index (χ3n) is 5.52. The maximum absolute atomic E-state index is 2.59. The second-order valence-corrected chi connectivity index (χ2v) is 7.16. The van der Waals surface area contributed by atoms with Crippen molar-refractivity contribution in [3.05, 3.63) is 24.3 Å². The van der Waals surface area contributed by atoms with Gasteiger partial charge in [0.05, 0.1) is 0 Å². The van der Waals surface area contributed by atoms with E-state index in [0.717, 1.165) is 23.7 Å². The summed E-state index contributed by atoms with van der Waals surface area (Å²) >= 11 is 0. The highest BCUT2D eigenvalue weighted by atomic mass is 14.3. The zero-order valence-corrected chi connectivity index (χ0v) is 13.7. The summed E-state index contributed by atoms with van der Waals surface area (Å²) in [5.74, 6) is 3.69. The van der Waals surface area contributed by atoms with Crippen LogP contribution < -0.4 is 0 Å². The Balaban J connectivity index is 1.67. The molecule has 0 amide bonds. The van der Waals surface area contributed by atoms with Crippen LogP contribution in [-0.2, 0) is 0 Å². The molecule has 2 fully saturated rings. The maximum Gasteiger partial charge on any atom is -0.0233 e. The van der Waals surface area contributed by atoms with Gasteiger partial charge in [-0.3, -0.25) is 0 Å². The minimum atomic E-state index is 0.870. The van der Waals surface area contributed by atoms with Gasteiger partial charge < -0.3 is 0 Å². The molecule has 0 heterocycles. The lowest BCUT2D eigenvalue weighted by Crippen LogP contribution is -2.14. The van der Waals surface area contributed by atoms with E-state index in [4.69, 9.17) is 0 Å². The third-order valence-corrected chi connectivity index (χ3v) is 5.52. The Labute approximate surface area is 126 Å². The molecule has 0 nitrogen and oxygen atoms in total. The minimum Gasteiger partial charge on any atom is -0.0914 e. The van der Waals surface area contributed by atoms with Gasteiger partial charge in [0, 0.05) is 0 Å². The van der Waals surface area contributed by atoms with Crippen molar-refractivity contribution in [3.63, 3.8) is 0 Å². The molecule has 0 unspecified atom stereocenters. The summed E-state index contributed by atoms with van der Waals surface area (Å²) in [5, 5.41) is 0. The largest absolute Gasteiger partial charge is 0.0914 e. The van der Waals surface area contributed by atoms with E-state index in [0.29, 0.717) is 0 Å². The van der Waals surface area contributed by atoms with Gasteiger partial charge in [-0.1, -0.05) is 44.1 Å². The highest BCUT2D eigenvalue weighted by molar-refractivity contribution is 4.98. The lowest BCUT2D eigenvalue weighted by molar-refractivity contribution is 0.292. The number of allylic oxidation sites excluding steroid dienone is 4. The Hall–Kier alpha value is -0.520. The average molecular weight is 274 g/mol. The first kappa shape index (κ1) is 15.9. The molecule has 0 saturated heterocycles. The molecule has 0 spiro atoms. The molecule has 2 aliphatic rings. The van der Waals surface area contributed by atoms with Crippen LogP contribution in [0.4, 0.5) is 0 Å². The van der Waals surface area contributed by atoms with Crippen LogP contribution in [0, 0.1) is 23.7 Å². The van der Waals surface area contributed by atoms with E-state index in [-0.39, 0.29) is 0 Å². The standard InChI is InChI=1S/C20H34/c1-3-5-17-7-11-19(12-8-17)15-16-20-13-9-18(6-4-2)10-14-20/h3,5,15-20H,4,6-14H2,1-2H3/b5-3+,16-15+. The smallest absolute Gasteiger partial charge is 0.0233 e. The van der Waals surface area contributed by atoms with Gasteiger partial charge in [-0.2, -0.15) is 0 Å². The van der Waals surface area contributed by atoms with Crippen LogP contribution in [0.3, 0.4) is 0 Å². The van der Waals surface area contributed by atoms with Gasteiger partial charge in [-0.05, 0) is 82.0 Å². The SMILES string of the molecule is C/C=C/C1CCC(/C=C/C2CCC(CCC)CC2)CC1. The summed E-state index contributed by atoms with van der Waals surface area (Å²) in [7, 11) is 0. The van der Waals surface area contributed by atoms with Crippen molar-refractivity contribution >= 4 is 0 Å². The monoisotopic (exact) mass is 274 g/mol. The predicted molar refractivity (Wildman–Crippen MR) is 89.8 cm³/mol. The molecule has 0 aliphatic heterocycles. The molecular formula is C20H34. The summed E-state index contributed by atoms with van der Waals surface area (Å²) in [6.07, 6.45) is 24.2. The first-order chi connectivity index (χ1) is 9.81. The van der Waals surface area contributed by atoms with Gasteiger partial charge in [0.1, 0.15) is 0 Å². The molecule has 0 aromatic carbocycles. The van der Waals surface area contributed by atoms with Crippen LogP contribution in [0.2, 0.25) is 0 Å². The van der Waals surface area contributed by atoms with Crippen molar-refractivity contribution in [3.8, 4) is 0 Å². The van der Waals surface area contributed by atoms with Crippen LogP contribution in [0.5, 0.6) is 0 Å². The second-order valence-electron chi connectivity index (χ2n) is 7.16. The van der Waals surface area contributed by atoms with Crippen LogP contribution in [-0.4, -0.2) is 0 Å². The van der Waals surface area contributed by atoms with E-state index < -0.39 is 0 Å². The summed E-state index contributed by atoms with van der Waals surface area (Å²) in [5.41, 5.74) is 0. The molecule has 2 aliphatic carbocycles.